The molecule has 1 saturated carbocycles. The molecule has 0 atom stereocenters. The molecule has 1 fully saturated rings. The third kappa shape index (κ3) is 3.42. The first-order valence-electron chi connectivity index (χ1n) is 6.96. The Hall–Kier alpha value is -1.75. The molecule has 0 unspecified atom stereocenters. The number of para-hydroxylation sites is 2. The highest BCUT2D eigenvalue weighted by Gasteiger charge is 2.33. The lowest BCUT2D eigenvalue weighted by Gasteiger charge is -2.28. The van der Waals surface area contributed by atoms with Crippen molar-refractivity contribution < 1.29 is 14.3 Å². The van der Waals surface area contributed by atoms with Crippen LogP contribution in [0.5, 0.6) is 11.5 Å². The molecule has 110 valence electrons. The summed E-state index contributed by atoms with van der Waals surface area (Å²) < 4.78 is 10.7. The molecule has 1 aromatic carbocycles. The fourth-order valence-corrected chi connectivity index (χ4v) is 2.65. The van der Waals surface area contributed by atoms with Crippen LogP contribution < -0.4 is 20.5 Å². The van der Waals surface area contributed by atoms with E-state index >= 15 is 0 Å². The van der Waals surface area contributed by atoms with Crippen LogP contribution in [0.1, 0.15) is 25.7 Å². The van der Waals surface area contributed by atoms with Crippen molar-refractivity contribution in [3.8, 4) is 11.5 Å². The first-order chi connectivity index (χ1) is 9.69. The Balaban J connectivity index is 1.89. The van der Waals surface area contributed by atoms with Gasteiger partial charge in [0, 0.05) is 6.54 Å². The molecule has 0 heterocycles. The Labute approximate surface area is 119 Å². The van der Waals surface area contributed by atoms with Crippen molar-refractivity contribution in [1.82, 2.24) is 5.32 Å². The number of benzene rings is 1. The fourth-order valence-electron chi connectivity index (χ4n) is 2.65. The molecule has 20 heavy (non-hydrogen) atoms. The van der Waals surface area contributed by atoms with Gasteiger partial charge in [-0.25, -0.2) is 0 Å². The Kier molecular flexibility index (Phi) is 4.84. The van der Waals surface area contributed by atoms with Gasteiger partial charge in [0.1, 0.15) is 0 Å². The number of carbonyl (C=O) groups excluding carboxylic acids is 1. The van der Waals surface area contributed by atoms with Gasteiger partial charge in [0.15, 0.2) is 18.1 Å². The average Bonchev–Trinajstić information content (AvgIpc) is 2.94. The van der Waals surface area contributed by atoms with Gasteiger partial charge in [-0.1, -0.05) is 25.0 Å². The van der Waals surface area contributed by atoms with Crippen molar-refractivity contribution >= 4 is 5.91 Å². The van der Waals surface area contributed by atoms with Gasteiger partial charge in [0.25, 0.3) is 5.91 Å². The second-order valence-corrected chi connectivity index (χ2v) is 5.18. The number of ether oxygens (including phenoxy) is 2. The molecular formula is C15H22N2O3. The largest absolute Gasteiger partial charge is 0.493 e. The first kappa shape index (κ1) is 14.7. The van der Waals surface area contributed by atoms with E-state index in [1.165, 1.54) is 0 Å². The van der Waals surface area contributed by atoms with Crippen LogP contribution in [-0.4, -0.2) is 31.7 Å². The van der Waals surface area contributed by atoms with Crippen molar-refractivity contribution in [3.05, 3.63) is 24.3 Å². The van der Waals surface area contributed by atoms with E-state index in [2.05, 4.69) is 5.32 Å². The van der Waals surface area contributed by atoms with E-state index in [0.29, 0.717) is 18.0 Å². The predicted octanol–water partition coefficient (Wildman–Crippen LogP) is 1.46. The number of nitrogens with two attached hydrogens (primary N) is 1. The normalized spacial score (nSPS) is 16.7. The summed E-state index contributed by atoms with van der Waals surface area (Å²) in [6, 6.07) is 7.27. The highest BCUT2D eigenvalue weighted by atomic mass is 16.5. The van der Waals surface area contributed by atoms with Gasteiger partial charge in [-0.15, -0.1) is 0 Å². The maximum absolute atomic E-state index is 12.0. The number of carbonyl (C=O) groups is 1. The second kappa shape index (κ2) is 6.61. The summed E-state index contributed by atoms with van der Waals surface area (Å²) in [6.07, 6.45) is 4.13. The summed E-state index contributed by atoms with van der Waals surface area (Å²) in [6.45, 7) is 0.454. The van der Waals surface area contributed by atoms with Gasteiger partial charge in [-0.3, -0.25) is 4.79 Å². The van der Waals surface area contributed by atoms with Crippen LogP contribution in [0, 0.1) is 0 Å². The summed E-state index contributed by atoms with van der Waals surface area (Å²) in [4.78, 5) is 12.0. The zero-order chi connectivity index (χ0) is 14.4. The maximum atomic E-state index is 12.0. The second-order valence-electron chi connectivity index (χ2n) is 5.18. The number of nitrogens with one attached hydrogen (secondary N) is 1. The molecule has 3 N–H and O–H groups in total. The minimum atomic E-state index is -0.235. The fraction of sp³-hybridized carbons (Fsp3) is 0.533. The van der Waals surface area contributed by atoms with Crippen LogP contribution in [0.4, 0.5) is 0 Å². The number of hydrogen-bond acceptors (Lipinski definition) is 4. The molecule has 1 aliphatic carbocycles. The lowest BCUT2D eigenvalue weighted by atomic mass is 9.98. The smallest absolute Gasteiger partial charge is 0.258 e. The van der Waals surface area contributed by atoms with Crippen LogP contribution in [-0.2, 0) is 4.79 Å². The van der Waals surface area contributed by atoms with E-state index in [0.717, 1.165) is 25.7 Å². The third-order valence-corrected chi connectivity index (χ3v) is 3.78. The number of methoxy groups -OCH3 is 1. The monoisotopic (exact) mass is 278 g/mol. The molecule has 1 aliphatic rings. The van der Waals surface area contributed by atoms with Crippen molar-refractivity contribution in [1.29, 1.82) is 0 Å². The van der Waals surface area contributed by atoms with E-state index in [1.54, 1.807) is 19.2 Å². The molecule has 5 nitrogen and oxygen atoms in total. The van der Waals surface area contributed by atoms with Crippen LogP contribution in [0.25, 0.3) is 0 Å². The SMILES string of the molecule is COc1ccccc1OCC(=O)NC1(CN)CCCC1. The van der Waals surface area contributed by atoms with E-state index in [9.17, 15) is 4.79 Å². The van der Waals surface area contributed by atoms with Crippen molar-refractivity contribution in [3.63, 3.8) is 0 Å². The number of hydrogen-bond donors (Lipinski definition) is 2. The molecule has 5 heteroatoms. The van der Waals surface area contributed by atoms with Gasteiger partial charge in [0.2, 0.25) is 0 Å². The predicted molar refractivity (Wildman–Crippen MR) is 76.9 cm³/mol. The molecule has 2 rings (SSSR count). The first-order valence-corrected chi connectivity index (χ1v) is 6.96. The van der Waals surface area contributed by atoms with Crippen molar-refractivity contribution in [2.75, 3.05) is 20.3 Å². The molecule has 0 saturated heterocycles. The average molecular weight is 278 g/mol. The van der Waals surface area contributed by atoms with E-state index < -0.39 is 0 Å². The Morgan fingerprint density at radius 2 is 1.95 bits per heavy atom. The topological polar surface area (TPSA) is 73.6 Å². The molecule has 0 spiro atoms. The quantitative estimate of drug-likeness (QED) is 0.826. The molecule has 0 radical (unpaired) electrons. The van der Waals surface area contributed by atoms with Crippen LogP contribution >= 0.6 is 0 Å². The minimum Gasteiger partial charge on any atom is -0.493 e. The van der Waals surface area contributed by atoms with Crippen LogP contribution in [0.15, 0.2) is 24.3 Å². The van der Waals surface area contributed by atoms with Gasteiger partial charge in [-0.2, -0.15) is 0 Å². The standard InChI is InChI=1S/C15H22N2O3/c1-19-12-6-2-3-7-13(12)20-10-14(18)17-15(11-16)8-4-5-9-15/h2-3,6-7H,4-5,8-11,16H2,1H3,(H,17,18). The summed E-state index contributed by atoms with van der Waals surface area (Å²) >= 11 is 0. The van der Waals surface area contributed by atoms with Gasteiger partial charge < -0.3 is 20.5 Å². The Bertz CT molecular complexity index is 456. The molecule has 0 bridgehead atoms. The summed E-state index contributed by atoms with van der Waals surface area (Å²) in [5, 5.41) is 3.02. The van der Waals surface area contributed by atoms with E-state index in [-0.39, 0.29) is 18.1 Å². The summed E-state index contributed by atoms with van der Waals surface area (Å²) in [5.74, 6) is 1.05. The highest BCUT2D eigenvalue weighted by Crippen LogP contribution is 2.29. The van der Waals surface area contributed by atoms with E-state index in [4.69, 9.17) is 15.2 Å². The summed E-state index contributed by atoms with van der Waals surface area (Å²) in [5.41, 5.74) is 5.56. The third-order valence-electron chi connectivity index (χ3n) is 3.78. The molecule has 1 aromatic rings. The van der Waals surface area contributed by atoms with Gasteiger partial charge in [0.05, 0.1) is 12.6 Å². The van der Waals surface area contributed by atoms with Crippen LogP contribution in [0.2, 0.25) is 0 Å². The highest BCUT2D eigenvalue weighted by molar-refractivity contribution is 5.78. The number of amides is 1. The number of rotatable bonds is 6. The maximum Gasteiger partial charge on any atom is 0.258 e. The lowest BCUT2D eigenvalue weighted by molar-refractivity contribution is -0.124. The Morgan fingerprint density at radius 1 is 1.30 bits per heavy atom. The zero-order valence-electron chi connectivity index (χ0n) is 11.9. The lowest BCUT2D eigenvalue weighted by Crippen LogP contribution is -2.52. The van der Waals surface area contributed by atoms with Crippen molar-refractivity contribution in [2.45, 2.75) is 31.2 Å². The van der Waals surface area contributed by atoms with Crippen molar-refractivity contribution in [2.24, 2.45) is 5.73 Å². The molecule has 1 amide bonds. The Morgan fingerprint density at radius 3 is 2.55 bits per heavy atom. The zero-order valence-corrected chi connectivity index (χ0v) is 11.9. The molecular weight excluding hydrogens is 256 g/mol. The molecule has 0 aliphatic heterocycles. The van der Waals surface area contributed by atoms with Gasteiger partial charge in [-0.05, 0) is 25.0 Å². The summed E-state index contributed by atoms with van der Waals surface area (Å²) in [7, 11) is 1.57. The molecule has 0 aromatic heterocycles. The van der Waals surface area contributed by atoms with E-state index in [1.807, 2.05) is 12.1 Å². The van der Waals surface area contributed by atoms with Crippen LogP contribution in [0.3, 0.4) is 0 Å². The van der Waals surface area contributed by atoms with Gasteiger partial charge >= 0.3 is 0 Å². The minimum absolute atomic E-state index is 0.0257.